The van der Waals surface area contributed by atoms with Crippen molar-refractivity contribution in [3.05, 3.63) is 65.7 Å². The molecule has 1 saturated heterocycles. The maximum Gasteiger partial charge on any atom is 0.309 e. The van der Waals surface area contributed by atoms with E-state index in [0.29, 0.717) is 13.0 Å². The molecule has 0 aromatic heterocycles. The summed E-state index contributed by atoms with van der Waals surface area (Å²) >= 11 is 3.49. The summed E-state index contributed by atoms with van der Waals surface area (Å²) in [6, 6.07) is 18.0. The minimum atomic E-state index is -1.08. The average Bonchev–Trinajstić information content (AvgIpc) is 2.63. The number of carbonyl (C=O) groups is 1. The van der Waals surface area contributed by atoms with Crippen molar-refractivity contribution >= 4 is 21.9 Å². The van der Waals surface area contributed by atoms with E-state index in [0.717, 1.165) is 23.3 Å². The van der Waals surface area contributed by atoms with Gasteiger partial charge >= 0.3 is 5.97 Å². The summed E-state index contributed by atoms with van der Waals surface area (Å²) in [6.07, 6.45) is 1.04. The maximum atomic E-state index is 11.7. The average molecular weight is 419 g/mol. The highest BCUT2D eigenvalue weighted by Gasteiger charge is 2.44. The van der Waals surface area contributed by atoms with Crippen molar-refractivity contribution in [2.75, 3.05) is 0 Å². The molecule has 5 heteroatoms. The van der Waals surface area contributed by atoms with Crippen LogP contribution in [0.2, 0.25) is 0 Å². The van der Waals surface area contributed by atoms with Crippen LogP contribution >= 0.6 is 15.9 Å². The maximum absolute atomic E-state index is 11.7. The fraction of sp³-hybridized carbons (Fsp3) is 0.381. The SMILES string of the molecule is CC1(O)CC(=O)OC(CCc2cccc(OCc3ccccc3)c2)C1Br. The Balaban J connectivity index is 1.57. The van der Waals surface area contributed by atoms with Gasteiger partial charge in [0.2, 0.25) is 0 Å². The van der Waals surface area contributed by atoms with E-state index in [1.807, 2.05) is 54.6 Å². The predicted molar refractivity (Wildman–Crippen MR) is 103 cm³/mol. The molecule has 1 aliphatic rings. The lowest BCUT2D eigenvalue weighted by molar-refractivity contribution is -0.166. The van der Waals surface area contributed by atoms with Gasteiger partial charge in [0.25, 0.3) is 0 Å². The molecule has 3 atom stereocenters. The summed E-state index contributed by atoms with van der Waals surface area (Å²) < 4.78 is 11.3. The van der Waals surface area contributed by atoms with E-state index in [2.05, 4.69) is 15.9 Å². The van der Waals surface area contributed by atoms with Crippen LogP contribution in [0.15, 0.2) is 54.6 Å². The minimum absolute atomic E-state index is 0.0161. The molecule has 0 bridgehead atoms. The first-order valence-corrected chi connectivity index (χ1v) is 9.67. The van der Waals surface area contributed by atoms with Crippen LogP contribution < -0.4 is 4.74 Å². The Morgan fingerprint density at radius 2 is 1.92 bits per heavy atom. The van der Waals surface area contributed by atoms with Crippen molar-refractivity contribution in [1.82, 2.24) is 0 Å². The molecule has 0 aliphatic carbocycles. The van der Waals surface area contributed by atoms with E-state index in [1.165, 1.54) is 0 Å². The number of rotatable bonds is 6. The molecule has 138 valence electrons. The summed E-state index contributed by atoms with van der Waals surface area (Å²) in [5, 5.41) is 10.3. The third kappa shape index (κ3) is 4.86. The third-order valence-electron chi connectivity index (χ3n) is 4.57. The van der Waals surface area contributed by atoms with E-state index in [9.17, 15) is 9.90 Å². The van der Waals surface area contributed by atoms with E-state index in [-0.39, 0.29) is 23.3 Å². The topological polar surface area (TPSA) is 55.8 Å². The normalized spacial score (nSPS) is 25.6. The number of aliphatic hydroxyl groups is 1. The summed E-state index contributed by atoms with van der Waals surface area (Å²) in [7, 11) is 0. The van der Waals surface area contributed by atoms with Crippen molar-refractivity contribution in [3.63, 3.8) is 0 Å². The Labute approximate surface area is 162 Å². The number of cyclic esters (lactones) is 1. The van der Waals surface area contributed by atoms with E-state index >= 15 is 0 Å². The second-order valence-corrected chi connectivity index (χ2v) is 7.91. The number of hydrogen-bond donors (Lipinski definition) is 1. The van der Waals surface area contributed by atoms with Gasteiger partial charge in [0, 0.05) is 0 Å². The van der Waals surface area contributed by atoms with Gasteiger partial charge in [-0.1, -0.05) is 58.4 Å². The zero-order valence-electron chi connectivity index (χ0n) is 14.7. The Kier molecular flexibility index (Phi) is 5.99. The number of hydrogen-bond acceptors (Lipinski definition) is 4. The lowest BCUT2D eigenvalue weighted by Gasteiger charge is -2.38. The summed E-state index contributed by atoms with van der Waals surface area (Å²) in [6.45, 7) is 2.19. The molecule has 26 heavy (non-hydrogen) atoms. The van der Waals surface area contributed by atoms with Crippen molar-refractivity contribution in [2.45, 2.75) is 49.3 Å². The first-order chi connectivity index (χ1) is 12.4. The molecule has 2 aromatic rings. The minimum Gasteiger partial charge on any atom is -0.489 e. The summed E-state index contributed by atoms with van der Waals surface area (Å²) in [4.78, 5) is 11.4. The molecule has 0 radical (unpaired) electrons. The molecule has 1 N–H and O–H groups in total. The molecular formula is C21H23BrO4. The fourth-order valence-corrected chi connectivity index (χ4v) is 3.64. The number of carbonyl (C=O) groups excluding carboxylic acids is 1. The Morgan fingerprint density at radius 3 is 2.69 bits per heavy atom. The predicted octanol–water partition coefficient (Wildman–Crippen LogP) is 4.03. The molecule has 0 spiro atoms. The van der Waals surface area contributed by atoms with Crippen molar-refractivity contribution in [2.24, 2.45) is 0 Å². The smallest absolute Gasteiger partial charge is 0.309 e. The second kappa shape index (κ2) is 8.23. The molecule has 1 fully saturated rings. The zero-order valence-corrected chi connectivity index (χ0v) is 16.3. The molecule has 0 saturated carbocycles. The second-order valence-electron chi connectivity index (χ2n) is 6.92. The quantitative estimate of drug-likeness (QED) is 0.568. The van der Waals surface area contributed by atoms with Gasteiger partial charge in [-0.05, 0) is 43.0 Å². The van der Waals surface area contributed by atoms with Gasteiger partial charge in [0.15, 0.2) is 0 Å². The molecule has 1 aliphatic heterocycles. The van der Waals surface area contributed by atoms with Crippen molar-refractivity contribution < 1.29 is 19.4 Å². The van der Waals surface area contributed by atoms with E-state index in [1.54, 1.807) is 6.92 Å². The van der Waals surface area contributed by atoms with Gasteiger partial charge in [0.1, 0.15) is 18.5 Å². The Hall–Kier alpha value is -1.85. The van der Waals surface area contributed by atoms with E-state index < -0.39 is 5.60 Å². The van der Waals surface area contributed by atoms with E-state index in [4.69, 9.17) is 9.47 Å². The largest absolute Gasteiger partial charge is 0.489 e. The molecule has 1 heterocycles. The number of aryl methyl sites for hydroxylation is 1. The molecule has 3 unspecified atom stereocenters. The highest BCUT2D eigenvalue weighted by molar-refractivity contribution is 9.09. The van der Waals surface area contributed by atoms with Gasteiger partial charge in [0.05, 0.1) is 16.8 Å². The van der Waals surface area contributed by atoms with Gasteiger partial charge in [-0.3, -0.25) is 4.79 Å². The van der Waals surface area contributed by atoms with Crippen LogP contribution in [-0.4, -0.2) is 27.6 Å². The van der Waals surface area contributed by atoms with Crippen LogP contribution in [0.4, 0.5) is 0 Å². The number of alkyl halides is 1. The number of halogens is 1. The molecule has 0 amide bonds. The lowest BCUT2D eigenvalue weighted by atomic mass is 9.89. The highest BCUT2D eigenvalue weighted by Crippen LogP contribution is 2.33. The monoisotopic (exact) mass is 418 g/mol. The molecule has 3 rings (SSSR count). The van der Waals surface area contributed by atoms with Crippen LogP contribution in [0.1, 0.15) is 30.9 Å². The number of benzene rings is 2. The Morgan fingerprint density at radius 1 is 1.19 bits per heavy atom. The first kappa shape index (κ1) is 18.9. The molecular weight excluding hydrogens is 396 g/mol. The van der Waals surface area contributed by atoms with Crippen LogP contribution in [-0.2, 0) is 22.6 Å². The third-order valence-corrected chi connectivity index (χ3v) is 6.15. The fourth-order valence-electron chi connectivity index (χ4n) is 3.11. The van der Waals surface area contributed by atoms with Crippen molar-refractivity contribution in [1.29, 1.82) is 0 Å². The molecule has 2 aromatic carbocycles. The van der Waals surface area contributed by atoms with Gasteiger partial charge < -0.3 is 14.6 Å². The first-order valence-electron chi connectivity index (χ1n) is 8.76. The van der Waals surface area contributed by atoms with Crippen LogP contribution in [0, 0.1) is 0 Å². The standard InChI is InChI=1S/C21H23BrO4/c1-21(24)13-19(23)26-18(20(21)22)11-10-15-8-5-9-17(12-15)25-14-16-6-3-2-4-7-16/h2-9,12,18,20,24H,10-11,13-14H2,1H3. The van der Waals surface area contributed by atoms with Gasteiger partial charge in [-0.15, -0.1) is 0 Å². The van der Waals surface area contributed by atoms with Crippen molar-refractivity contribution in [3.8, 4) is 5.75 Å². The molecule has 4 nitrogen and oxygen atoms in total. The highest BCUT2D eigenvalue weighted by atomic mass is 79.9. The van der Waals surface area contributed by atoms with Crippen LogP contribution in [0.25, 0.3) is 0 Å². The lowest BCUT2D eigenvalue weighted by Crippen LogP contribution is -2.51. The van der Waals surface area contributed by atoms with Crippen LogP contribution in [0.5, 0.6) is 5.75 Å². The van der Waals surface area contributed by atoms with Gasteiger partial charge in [-0.25, -0.2) is 0 Å². The summed E-state index contributed by atoms with van der Waals surface area (Å²) in [5.41, 5.74) is 1.15. The van der Waals surface area contributed by atoms with Gasteiger partial charge in [-0.2, -0.15) is 0 Å². The van der Waals surface area contributed by atoms with Crippen LogP contribution in [0.3, 0.4) is 0 Å². The summed E-state index contributed by atoms with van der Waals surface area (Å²) in [5.74, 6) is 0.463. The number of esters is 1. The number of ether oxygens (including phenoxy) is 2. The Bertz CT molecular complexity index is 745. The zero-order chi connectivity index (χ0) is 18.6.